The van der Waals surface area contributed by atoms with Crippen molar-refractivity contribution in [1.29, 1.82) is 0 Å². The van der Waals surface area contributed by atoms with E-state index < -0.39 is 32.6 Å². The molecule has 0 heterocycles. The summed E-state index contributed by atoms with van der Waals surface area (Å²) in [7, 11) is -4.24. The molecular formula is C27H19NO7S. The first kappa shape index (κ1) is 24.5. The maximum Gasteiger partial charge on any atom is 0.340 e. The summed E-state index contributed by atoms with van der Waals surface area (Å²) in [6, 6.07) is 26.5. The van der Waals surface area contributed by atoms with Gasteiger partial charge in [-0.1, -0.05) is 72.8 Å². The van der Waals surface area contributed by atoms with Crippen LogP contribution in [-0.4, -0.2) is 25.1 Å². The van der Waals surface area contributed by atoms with Gasteiger partial charge < -0.3 is 4.74 Å². The molecular weight excluding hydrogens is 482 g/mol. The second-order valence-corrected chi connectivity index (χ2v) is 9.60. The van der Waals surface area contributed by atoms with Crippen LogP contribution in [0.25, 0.3) is 0 Å². The number of esters is 1. The molecule has 180 valence electrons. The van der Waals surface area contributed by atoms with Crippen molar-refractivity contribution in [2.45, 2.75) is 15.9 Å². The van der Waals surface area contributed by atoms with Gasteiger partial charge >= 0.3 is 5.97 Å². The zero-order valence-corrected chi connectivity index (χ0v) is 19.5. The predicted molar refractivity (Wildman–Crippen MR) is 130 cm³/mol. The van der Waals surface area contributed by atoms with Gasteiger partial charge in [-0.2, -0.15) is 0 Å². The lowest BCUT2D eigenvalue weighted by Crippen LogP contribution is -2.21. The van der Waals surface area contributed by atoms with Crippen molar-refractivity contribution < 1.29 is 27.7 Å². The van der Waals surface area contributed by atoms with Crippen LogP contribution < -0.4 is 0 Å². The summed E-state index contributed by atoms with van der Waals surface area (Å²) in [5.41, 5.74) is 0.214. The molecule has 0 spiro atoms. The number of sulfone groups is 1. The third-order valence-electron chi connectivity index (χ3n) is 5.38. The Morgan fingerprint density at radius 2 is 1.31 bits per heavy atom. The normalized spacial score (nSPS) is 11.9. The van der Waals surface area contributed by atoms with Gasteiger partial charge in [0.05, 0.1) is 20.3 Å². The number of carbonyl (C=O) groups is 2. The van der Waals surface area contributed by atoms with Crippen LogP contribution in [0.1, 0.15) is 32.4 Å². The maximum atomic E-state index is 13.3. The van der Waals surface area contributed by atoms with Crippen LogP contribution >= 0.6 is 0 Å². The van der Waals surface area contributed by atoms with E-state index in [-0.39, 0.29) is 21.0 Å². The average Bonchev–Trinajstić information content (AvgIpc) is 2.92. The van der Waals surface area contributed by atoms with Crippen LogP contribution in [0.5, 0.6) is 0 Å². The Balaban J connectivity index is 1.71. The van der Waals surface area contributed by atoms with Gasteiger partial charge in [-0.15, -0.1) is 0 Å². The molecule has 0 aromatic heterocycles. The van der Waals surface area contributed by atoms with Crippen LogP contribution in [0.2, 0.25) is 0 Å². The molecule has 4 rings (SSSR count). The number of non-ortho nitro benzene ring substituents is 1. The number of hydrogen-bond donors (Lipinski definition) is 0. The van der Waals surface area contributed by atoms with Gasteiger partial charge in [-0.3, -0.25) is 14.9 Å². The van der Waals surface area contributed by atoms with Gasteiger partial charge in [0.1, 0.15) is 0 Å². The van der Waals surface area contributed by atoms with E-state index in [9.17, 15) is 28.1 Å². The molecule has 0 fully saturated rings. The Hall–Kier alpha value is -4.63. The zero-order valence-electron chi connectivity index (χ0n) is 18.7. The van der Waals surface area contributed by atoms with Gasteiger partial charge in [0.15, 0.2) is 6.10 Å². The zero-order chi connectivity index (χ0) is 25.7. The summed E-state index contributed by atoms with van der Waals surface area (Å²) < 4.78 is 32.2. The van der Waals surface area contributed by atoms with Crippen molar-refractivity contribution in [3.8, 4) is 0 Å². The third-order valence-corrected chi connectivity index (χ3v) is 7.21. The average molecular weight is 502 g/mol. The first-order valence-corrected chi connectivity index (χ1v) is 12.2. The van der Waals surface area contributed by atoms with Crippen molar-refractivity contribution >= 4 is 27.3 Å². The van der Waals surface area contributed by atoms with E-state index >= 15 is 0 Å². The summed E-state index contributed by atoms with van der Waals surface area (Å²) in [5, 5.41) is 10.9. The summed E-state index contributed by atoms with van der Waals surface area (Å²) in [4.78, 5) is 36.2. The van der Waals surface area contributed by atoms with E-state index in [2.05, 4.69) is 0 Å². The lowest BCUT2D eigenvalue weighted by molar-refractivity contribution is -0.384. The number of Topliss-reactive ketones (excluding diaryl/α,β-unsaturated/α-hetero) is 1. The van der Waals surface area contributed by atoms with E-state index in [0.29, 0.717) is 11.1 Å². The molecule has 0 N–H and O–H groups in total. The lowest BCUT2D eigenvalue weighted by atomic mass is 10.00. The first-order valence-electron chi connectivity index (χ1n) is 10.7. The number of ether oxygens (including phenoxy) is 1. The molecule has 36 heavy (non-hydrogen) atoms. The van der Waals surface area contributed by atoms with Crippen LogP contribution in [0.15, 0.2) is 119 Å². The largest absolute Gasteiger partial charge is 0.445 e. The molecule has 0 bridgehead atoms. The van der Waals surface area contributed by atoms with Crippen molar-refractivity contribution in [3.63, 3.8) is 0 Å². The van der Waals surface area contributed by atoms with E-state index in [1.807, 2.05) is 0 Å². The number of hydrogen-bond acceptors (Lipinski definition) is 7. The van der Waals surface area contributed by atoms with Crippen LogP contribution in [0.4, 0.5) is 5.69 Å². The monoisotopic (exact) mass is 501 g/mol. The molecule has 4 aromatic carbocycles. The quantitative estimate of drug-likeness (QED) is 0.141. The van der Waals surface area contributed by atoms with Gasteiger partial charge in [-0.25, -0.2) is 13.2 Å². The summed E-state index contributed by atoms with van der Waals surface area (Å²) in [6.07, 6.45) is -1.31. The number of rotatable bonds is 8. The van der Waals surface area contributed by atoms with Gasteiger partial charge in [0, 0.05) is 23.3 Å². The van der Waals surface area contributed by atoms with E-state index in [0.717, 1.165) is 24.3 Å². The topological polar surface area (TPSA) is 121 Å². The minimum Gasteiger partial charge on any atom is -0.445 e. The first-order chi connectivity index (χ1) is 17.3. The van der Waals surface area contributed by atoms with Crippen molar-refractivity contribution in [2.75, 3.05) is 0 Å². The highest BCUT2D eigenvalue weighted by molar-refractivity contribution is 7.91. The van der Waals surface area contributed by atoms with E-state index in [1.165, 1.54) is 24.3 Å². The fraction of sp³-hybridized carbons (Fsp3) is 0.0370. The molecule has 0 amide bonds. The highest BCUT2D eigenvalue weighted by atomic mass is 32.2. The van der Waals surface area contributed by atoms with Gasteiger partial charge in [0.2, 0.25) is 15.6 Å². The molecule has 1 atom stereocenters. The molecule has 0 radical (unpaired) electrons. The highest BCUT2D eigenvalue weighted by Gasteiger charge is 2.30. The Bertz CT molecular complexity index is 1520. The molecule has 0 aliphatic rings. The second kappa shape index (κ2) is 10.3. The molecule has 4 aromatic rings. The van der Waals surface area contributed by atoms with Crippen LogP contribution in [0, 0.1) is 10.1 Å². The third kappa shape index (κ3) is 5.06. The number of nitro groups is 1. The Labute approximate surface area is 206 Å². The molecule has 8 nitrogen and oxygen atoms in total. The standard InChI is InChI=1S/C27H19NO7S/c29-25(19-9-3-1-4-10-19)26(20-11-5-2-6-12-20)35-27(30)23-13-7-8-14-24(23)36(33,34)22-17-15-21(16-18-22)28(31)32/h1-18,26H/t26-/m0/s1. The summed E-state index contributed by atoms with van der Waals surface area (Å²) >= 11 is 0. The number of nitro benzene ring substituents is 1. The minimum atomic E-state index is -4.24. The van der Waals surface area contributed by atoms with Crippen LogP contribution in [0.3, 0.4) is 0 Å². The Morgan fingerprint density at radius 3 is 1.92 bits per heavy atom. The van der Waals surface area contributed by atoms with Crippen molar-refractivity contribution in [2.24, 2.45) is 0 Å². The Kier molecular flexibility index (Phi) is 7.03. The SMILES string of the molecule is O=C(O[C@H](C(=O)c1ccccc1)c1ccccc1)c1ccccc1S(=O)(=O)c1ccc([N+](=O)[O-])cc1. The summed E-state index contributed by atoms with van der Waals surface area (Å²) in [5.74, 6) is -1.47. The fourth-order valence-electron chi connectivity index (χ4n) is 3.57. The molecule has 9 heteroatoms. The minimum absolute atomic E-state index is 0.228. The Morgan fingerprint density at radius 1 is 0.750 bits per heavy atom. The van der Waals surface area contributed by atoms with Gasteiger partial charge in [-0.05, 0) is 24.3 Å². The number of ketones is 1. The molecule has 0 aliphatic carbocycles. The number of benzene rings is 4. The molecule has 0 aliphatic heterocycles. The van der Waals surface area contributed by atoms with Crippen molar-refractivity contribution in [3.05, 3.63) is 136 Å². The predicted octanol–water partition coefficient (Wildman–Crippen LogP) is 5.21. The fourth-order valence-corrected chi connectivity index (χ4v) is 5.02. The number of carbonyl (C=O) groups excluding carboxylic acids is 2. The second-order valence-electron chi connectivity index (χ2n) is 7.68. The lowest BCUT2D eigenvalue weighted by Gasteiger charge is -2.18. The van der Waals surface area contributed by atoms with Gasteiger partial charge in [0.25, 0.3) is 5.69 Å². The number of nitrogens with zero attached hydrogens (tertiary/aromatic N) is 1. The van der Waals surface area contributed by atoms with E-state index in [1.54, 1.807) is 60.7 Å². The molecule has 0 saturated carbocycles. The van der Waals surface area contributed by atoms with Crippen LogP contribution in [-0.2, 0) is 14.6 Å². The van der Waals surface area contributed by atoms with E-state index in [4.69, 9.17) is 4.74 Å². The smallest absolute Gasteiger partial charge is 0.340 e. The molecule has 0 unspecified atom stereocenters. The molecule has 0 saturated heterocycles. The van der Waals surface area contributed by atoms with Crippen molar-refractivity contribution in [1.82, 2.24) is 0 Å². The highest BCUT2D eigenvalue weighted by Crippen LogP contribution is 2.29. The summed E-state index contributed by atoms with van der Waals surface area (Å²) in [6.45, 7) is 0. The maximum absolute atomic E-state index is 13.3.